The lowest BCUT2D eigenvalue weighted by Gasteiger charge is -2.39. The zero-order valence-electron chi connectivity index (χ0n) is 31.1. The maximum atomic E-state index is 14.4. The Hall–Kier alpha value is -5.26. The molecular formula is C44H47N7O4. The van der Waals surface area contributed by atoms with Crippen molar-refractivity contribution in [3.8, 4) is 22.4 Å². The van der Waals surface area contributed by atoms with Gasteiger partial charge in [-0.1, -0.05) is 48.9 Å². The Bertz CT molecular complexity index is 2410. The maximum absolute atomic E-state index is 14.4. The number of carbonyl (C=O) groups is 2. The van der Waals surface area contributed by atoms with Crippen molar-refractivity contribution in [2.45, 2.75) is 75.5 Å². The van der Waals surface area contributed by atoms with E-state index in [0.29, 0.717) is 25.2 Å². The van der Waals surface area contributed by atoms with Crippen LogP contribution in [-0.2, 0) is 14.3 Å². The smallest absolute Gasteiger partial charge is 0.407 e. The predicted molar refractivity (Wildman–Crippen MR) is 212 cm³/mol. The summed E-state index contributed by atoms with van der Waals surface area (Å²) in [5.74, 6) is 2.12. The second-order valence-electron chi connectivity index (χ2n) is 16.0. The number of fused-ring (bicyclic) bond motifs is 6. The van der Waals surface area contributed by atoms with Crippen LogP contribution in [0.1, 0.15) is 75.1 Å². The Kier molecular flexibility index (Phi) is 8.78. The zero-order valence-corrected chi connectivity index (χ0v) is 31.1. The molecular weight excluding hydrogens is 691 g/mol. The van der Waals surface area contributed by atoms with Gasteiger partial charge in [-0.15, -0.1) is 0 Å². The van der Waals surface area contributed by atoms with Crippen molar-refractivity contribution in [2.75, 3.05) is 26.9 Å². The molecule has 3 aliphatic heterocycles. The first-order valence-electron chi connectivity index (χ1n) is 20.0. The van der Waals surface area contributed by atoms with E-state index >= 15 is 0 Å². The van der Waals surface area contributed by atoms with Crippen LogP contribution in [0.15, 0.2) is 72.9 Å². The normalized spacial score (nSPS) is 23.5. The van der Waals surface area contributed by atoms with E-state index in [0.717, 1.165) is 89.8 Å². The first kappa shape index (κ1) is 34.2. The molecule has 1 aliphatic carbocycles. The Labute approximate surface area is 319 Å². The first-order chi connectivity index (χ1) is 27.0. The lowest BCUT2D eigenvalue weighted by molar-refractivity contribution is -0.140. The molecule has 0 radical (unpaired) electrons. The number of carbonyl (C=O) groups excluding carboxylic acids is 2. The number of ether oxygens (including phenoxy) is 2. The second-order valence-corrected chi connectivity index (χ2v) is 16.0. The molecule has 1 unspecified atom stereocenters. The fraction of sp³-hybridized carbons (Fsp3) is 0.409. The third-order valence-electron chi connectivity index (χ3n) is 12.8. The quantitative estimate of drug-likeness (QED) is 0.131. The minimum absolute atomic E-state index is 0.00303. The average Bonchev–Trinajstić information content (AvgIpc) is 4.07. The zero-order chi connectivity index (χ0) is 37.0. The lowest BCUT2D eigenvalue weighted by atomic mass is 9.89. The summed E-state index contributed by atoms with van der Waals surface area (Å²) in [5, 5.41) is 11.2. The number of methoxy groups -OCH3 is 1. The van der Waals surface area contributed by atoms with Gasteiger partial charge in [0, 0.05) is 30.2 Å². The lowest BCUT2D eigenvalue weighted by Crippen LogP contribution is -2.55. The molecule has 3 saturated heterocycles. The van der Waals surface area contributed by atoms with Crippen LogP contribution < -0.4 is 10.6 Å². The van der Waals surface area contributed by atoms with Crippen LogP contribution in [0.5, 0.6) is 0 Å². The van der Waals surface area contributed by atoms with E-state index in [4.69, 9.17) is 19.4 Å². The fourth-order valence-electron chi connectivity index (χ4n) is 9.91. The molecule has 5 atom stereocenters. The Balaban J connectivity index is 0.897. The second kappa shape index (κ2) is 14.1. The third-order valence-corrected chi connectivity index (χ3v) is 12.8. The predicted octanol–water partition coefficient (Wildman–Crippen LogP) is 7.94. The summed E-state index contributed by atoms with van der Waals surface area (Å²) in [6.45, 7) is 2.21. The molecule has 2 bridgehead atoms. The summed E-state index contributed by atoms with van der Waals surface area (Å²) >= 11 is 0. The molecule has 282 valence electrons. The summed E-state index contributed by atoms with van der Waals surface area (Å²) in [6.07, 6.45) is 9.31. The molecule has 5 heterocycles. The van der Waals surface area contributed by atoms with Crippen molar-refractivity contribution in [1.29, 1.82) is 0 Å². The van der Waals surface area contributed by atoms with Gasteiger partial charge in [-0.25, -0.2) is 14.8 Å². The van der Waals surface area contributed by atoms with Gasteiger partial charge in [0.15, 0.2) is 0 Å². The number of hydrogen-bond acceptors (Lipinski definition) is 7. The molecule has 2 amide bonds. The van der Waals surface area contributed by atoms with Gasteiger partial charge in [-0.3, -0.25) is 4.79 Å². The highest BCUT2D eigenvalue weighted by atomic mass is 16.5. The van der Waals surface area contributed by atoms with Crippen LogP contribution in [0.2, 0.25) is 0 Å². The number of nitrogens with zero attached hydrogens (tertiary/aromatic N) is 3. The molecule has 0 spiro atoms. The molecule has 2 aromatic heterocycles. The first-order valence-corrected chi connectivity index (χ1v) is 20.0. The van der Waals surface area contributed by atoms with E-state index in [-0.39, 0.29) is 23.9 Å². The van der Waals surface area contributed by atoms with Gasteiger partial charge >= 0.3 is 6.09 Å². The van der Waals surface area contributed by atoms with Gasteiger partial charge in [0.1, 0.15) is 17.7 Å². The number of piperidine rings is 2. The van der Waals surface area contributed by atoms with E-state index in [1.165, 1.54) is 41.9 Å². The molecule has 11 heteroatoms. The Morgan fingerprint density at radius 1 is 0.855 bits per heavy atom. The highest BCUT2D eigenvalue weighted by Crippen LogP contribution is 2.50. The minimum atomic E-state index is -0.656. The number of aromatic amines is 2. The molecule has 11 nitrogen and oxygen atoms in total. The van der Waals surface area contributed by atoms with Crippen molar-refractivity contribution in [1.82, 2.24) is 35.5 Å². The van der Waals surface area contributed by atoms with E-state index in [1.54, 1.807) is 0 Å². The average molecular weight is 738 g/mol. The number of alkyl carbamates (subject to hydrolysis) is 1. The van der Waals surface area contributed by atoms with E-state index in [9.17, 15) is 9.59 Å². The number of hydrogen-bond donors (Lipinski definition) is 4. The largest absolute Gasteiger partial charge is 0.453 e. The van der Waals surface area contributed by atoms with Gasteiger partial charge < -0.3 is 35.0 Å². The summed E-state index contributed by atoms with van der Waals surface area (Å²) in [7, 11) is 1.34. The van der Waals surface area contributed by atoms with Crippen LogP contribution in [0.3, 0.4) is 0 Å². The van der Waals surface area contributed by atoms with Crippen molar-refractivity contribution >= 4 is 44.6 Å². The molecule has 55 heavy (non-hydrogen) atoms. The monoisotopic (exact) mass is 737 g/mol. The van der Waals surface area contributed by atoms with Crippen LogP contribution in [-0.4, -0.2) is 75.8 Å². The van der Waals surface area contributed by atoms with Gasteiger partial charge in [0.2, 0.25) is 5.91 Å². The van der Waals surface area contributed by atoms with Crippen molar-refractivity contribution in [3.05, 3.63) is 84.6 Å². The number of benzene rings is 4. The highest BCUT2D eigenvalue weighted by molar-refractivity contribution is 6.05. The number of nitrogens with one attached hydrogen (secondary N) is 4. The van der Waals surface area contributed by atoms with E-state index < -0.39 is 12.1 Å². The molecule has 6 aromatic rings. The molecule has 4 aliphatic rings. The molecule has 1 saturated carbocycles. The highest BCUT2D eigenvalue weighted by Gasteiger charge is 2.52. The van der Waals surface area contributed by atoms with E-state index in [2.05, 4.69) is 87.3 Å². The number of amides is 2. The number of likely N-dealkylation sites (tertiary alicyclic amines) is 1. The topological polar surface area (TPSA) is 137 Å². The van der Waals surface area contributed by atoms with E-state index in [1.807, 2.05) is 11.1 Å². The maximum Gasteiger partial charge on any atom is 0.407 e. The van der Waals surface area contributed by atoms with Gasteiger partial charge in [0.25, 0.3) is 0 Å². The SMILES string of the molecule is COC(=O)N[C@H](C(=O)N1C2CC[C@@H](C2)[C@H]1c1ncc(-c2ccc3cc(-c4ccc5c(ccc6[nH]c([C@H]7CCCCN7)nc65)c4)ccc3c2)[nH]1)C1CCOCC1. The van der Waals surface area contributed by atoms with Gasteiger partial charge in [-0.05, 0) is 115 Å². The summed E-state index contributed by atoms with van der Waals surface area (Å²) in [5.41, 5.74) is 6.43. The third kappa shape index (κ3) is 6.23. The van der Waals surface area contributed by atoms with Crippen LogP contribution >= 0.6 is 0 Å². The van der Waals surface area contributed by atoms with Gasteiger partial charge in [-0.2, -0.15) is 0 Å². The Morgan fingerprint density at radius 3 is 2.42 bits per heavy atom. The standard InChI is InChI=1S/C44H47N7O4/c1-54-44(53)50-38(25-15-18-55-19-16-25)43(52)51-33-12-9-32(23-33)40(51)42-46-24-37(48-42)31-8-7-27-20-26(5-6-28(27)22-31)29-10-13-34-30(21-29)11-14-35-39(34)49-41(47-35)36-4-2-3-17-45-36/h5-8,10-11,13-14,20-22,24-25,32-33,36,38,40,45H,2-4,9,12,15-19,23H2,1H3,(H,46,48)(H,47,49)(H,50,53)/t32-,33?,36+,38-,40-/m0/s1. The number of rotatable bonds is 7. The summed E-state index contributed by atoms with van der Waals surface area (Å²) < 4.78 is 10.5. The minimum Gasteiger partial charge on any atom is -0.453 e. The van der Waals surface area contributed by atoms with Crippen molar-refractivity contribution < 1.29 is 19.1 Å². The Morgan fingerprint density at radius 2 is 1.62 bits per heavy atom. The molecule has 10 rings (SSSR count). The molecule has 4 N–H and O–H groups in total. The van der Waals surface area contributed by atoms with Crippen LogP contribution in [0.25, 0.3) is 55.0 Å². The molecule has 4 fully saturated rings. The van der Waals surface area contributed by atoms with Crippen LogP contribution in [0, 0.1) is 11.8 Å². The number of H-pyrrole nitrogens is 2. The fourth-order valence-corrected chi connectivity index (χ4v) is 9.91. The van der Waals surface area contributed by atoms with Crippen molar-refractivity contribution in [2.24, 2.45) is 11.8 Å². The molecule has 4 aromatic carbocycles. The number of imidazole rings is 2. The number of aromatic nitrogens is 4. The van der Waals surface area contributed by atoms with Crippen LogP contribution in [0.4, 0.5) is 4.79 Å². The van der Waals surface area contributed by atoms with Gasteiger partial charge in [0.05, 0.1) is 42.1 Å². The summed E-state index contributed by atoms with van der Waals surface area (Å²) in [6, 6.07) is 23.8. The van der Waals surface area contributed by atoms with Crippen molar-refractivity contribution in [3.63, 3.8) is 0 Å². The summed E-state index contributed by atoms with van der Waals surface area (Å²) in [4.78, 5) is 45.9.